The molecule has 0 aliphatic carbocycles. The number of phenolic OH excluding ortho intramolecular Hbond substituents is 1. The molecule has 0 aliphatic rings. The third-order valence-electron chi connectivity index (χ3n) is 1.80. The first kappa shape index (κ1) is 11.4. The summed E-state index contributed by atoms with van der Waals surface area (Å²) in [5, 5.41) is 9.71. The lowest BCUT2D eigenvalue weighted by Crippen LogP contribution is -1.97. The maximum absolute atomic E-state index is 10.6. The van der Waals surface area contributed by atoms with Crippen molar-refractivity contribution >= 4 is 6.29 Å². The fourth-order valence-corrected chi connectivity index (χ4v) is 1.20. The molecule has 0 fully saturated rings. The summed E-state index contributed by atoms with van der Waals surface area (Å²) >= 11 is 0. The van der Waals surface area contributed by atoms with E-state index in [-0.39, 0.29) is 17.2 Å². The molecule has 1 aromatic carbocycles. The number of hydrogen-bond donors (Lipinski definition) is 1. The molecule has 0 aromatic heterocycles. The predicted octanol–water partition coefficient (Wildman–Crippen LogP) is 2.00. The Bertz CT molecular complexity index is 319. The summed E-state index contributed by atoms with van der Waals surface area (Å²) in [7, 11) is 0. The van der Waals surface area contributed by atoms with E-state index in [0.717, 1.165) is 0 Å². The van der Waals surface area contributed by atoms with Gasteiger partial charge >= 0.3 is 0 Å². The summed E-state index contributed by atoms with van der Waals surface area (Å²) in [6.07, 6.45) is 0.685. The zero-order valence-electron chi connectivity index (χ0n) is 8.82. The number of aldehydes is 1. The second-order valence-electron chi connectivity index (χ2n) is 2.85. The molecule has 4 nitrogen and oxygen atoms in total. The highest BCUT2D eigenvalue weighted by Crippen LogP contribution is 2.37. The van der Waals surface area contributed by atoms with Crippen molar-refractivity contribution in [1.82, 2.24) is 0 Å². The quantitative estimate of drug-likeness (QED) is 0.755. The molecule has 0 aliphatic heterocycles. The molecule has 0 unspecified atom stereocenters. The lowest BCUT2D eigenvalue weighted by Gasteiger charge is -2.11. The Morgan fingerprint density at radius 2 is 1.67 bits per heavy atom. The lowest BCUT2D eigenvalue weighted by molar-refractivity contribution is 0.112. The molecule has 4 heteroatoms. The molecular weight excluding hydrogens is 196 g/mol. The zero-order chi connectivity index (χ0) is 11.3. The minimum absolute atomic E-state index is 0.0655. The van der Waals surface area contributed by atoms with E-state index in [1.54, 1.807) is 13.8 Å². The first-order valence-electron chi connectivity index (χ1n) is 4.80. The van der Waals surface area contributed by atoms with Crippen LogP contribution < -0.4 is 9.47 Å². The average molecular weight is 210 g/mol. The Morgan fingerprint density at radius 1 is 1.20 bits per heavy atom. The molecule has 0 heterocycles. The van der Waals surface area contributed by atoms with Crippen LogP contribution in [0.3, 0.4) is 0 Å². The number of carbonyl (C=O) groups is 1. The average Bonchev–Trinajstić information content (AvgIpc) is 2.24. The largest absolute Gasteiger partial charge is 0.502 e. The second kappa shape index (κ2) is 5.24. The van der Waals surface area contributed by atoms with E-state index < -0.39 is 0 Å². The molecule has 0 radical (unpaired) electrons. The number of hydrogen-bond acceptors (Lipinski definition) is 4. The van der Waals surface area contributed by atoms with Crippen molar-refractivity contribution in [2.24, 2.45) is 0 Å². The van der Waals surface area contributed by atoms with Crippen molar-refractivity contribution in [2.75, 3.05) is 13.2 Å². The van der Waals surface area contributed by atoms with Gasteiger partial charge in [-0.2, -0.15) is 0 Å². The van der Waals surface area contributed by atoms with Crippen molar-refractivity contribution in [3.63, 3.8) is 0 Å². The van der Waals surface area contributed by atoms with E-state index in [1.807, 2.05) is 0 Å². The van der Waals surface area contributed by atoms with Crippen molar-refractivity contribution < 1.29 is 19.4 Å². The number of aromatic hydroxyl groups is 1. The van der Waals surface area contributed by atoms with E-state index >= 15 is 0 Å². The van der Waals surface area contributed by atoms with Crippen LogP contribution >= 0.6 is 0 Å². The maximum atomic E-state index is 10.6. The molecule has 0 amide bonds. The maximum Gasteiger partial charge on any atom is 0.200 e. The van der Waals surface area contributed by atoms with E-state index in [9.17, 15) is 9.90 Å². The van der Waals surface area contributed by atoms with E-state index in [0.29, 0.717) is 25.1 Å². The Balaban J connectivity index is 3.14. The highest BCUT2D eigenvalue weighted by Gasteiger charge is 2.11. The van der Waals surface area contributed by atoms with Crippen LogP contribution in [0.5, 0.6) is 17.2 Å². The minimum atomic E-state index is -0.0655. The van der Waals surface area contributed by atoms with Gasteiger partial charge in [0, 0.05) is 5.56 Å². The molecule has 15 heavy (non-hydrogen) atoms. The molecular formula is C11H14O4. The van der Waals surface area contributed by atoms with Gasteiger partial charge in [-0.15, -0.1) is 0 Å². The van der Waals surface area contributed by atoms with Gasteiger partial charge in [0.15, 0.2) is 11.5 Å². The van der Waals surface area contributed by atoms with E-state index in [2.05, 4.69) is 0 Å². The Kier molecular flexibility index (Phi) is 3.97. The summed E-state index contributed by atoms with van der Waals surface area (Å²) in [4.78, 5) is 10.6. The van der Waals surface area contributed by atoms with Crippen LogP contribution in [-0.4, -0.2) is 24.6 Å². The Morgan fingerprint density at radius 3 is 2.00 bits per heavy atom. The van der Waals surface area contributed by atoms with Crippen molar-refractivity contribution in [3.05, 3.63) is 17.7 Å². The highest BCUT2D eigenvalue weighted by molar-refractivity contribution is 5.78. The first-order chi connectivity index (χ1) is 7.22. The molecule has 0 saturated carbocycles. The SMILES string of the molecule is CCOc1cc(C=O)cc(OCC)c1O. The van der Waals surface area contributed by atoms with Crippen molar-refractivity contribution in [2.45, 2.75) is 13.8 Å². The number of phenols is 1. The van der Waals surface area contributed by atoms with Crippen molar-refractivity contribution in [3.8, 4) is 17.2 Å². The predicted molar refractivity (Wildman–Crippen MR) is 55.8 cm³/mol. The third-order valence-corrected chi connectivity index (χ3v) is 1.80. The Hall–Kier alpha value is -1.71. The van der Waals surface area contributed by atoms with Gasteiger partial charge in [0.25, 0.3) is 0 Å². The van der Waals surface area contributed by atoms with Gasteiger partial charge in [0.05, 0.1) is 13.2 Å². The van der Waals surface area contributed by atoms with Gasteiger partial charge in [-0.05, 0) is 26.0 Å². The van der Waals surface area contributed by atoms with Gasteiger partial charge in [0.2, 0.25) is 5.75 Å². The van der Waals surface area contributed by atoms with Gasteiger partial charge in [0.1, 0.15) is 6.29 Å². The standard InChI is InChI=1S/C11H14O4/c1-3-14-9-5-8(7-12)6-10(11(9)13)15-4-2/h5-7,13H,3-4H2,1-2H3. The molecule has 0 saturated heterocycles. The summed E-state index contributed by atoms with van der Waals surface area (Å²) in [6.45, 7) is 4.43. The second-order valence-corrected chi connectivity index (χ2v) is 2.85. The Labute approximate surface area is 88.4 Å². The lowest BCUT2D eigenvalue weighted by atomic mass is 10.2. The molecule has 1 rings (SSSR count). The van der Waals surface area contributed by atoms with Gasteiger partial charge in [-0.1, -0.05) is 0 Å². The van der Waals surface area contributed by atoms with Gasteiger partial charge in [-0.25, -0.2) is 0 Å². The smallest absolute Gasteiger partial charge is 0.200 e. The summed E-state index contributed by atoms with van der Waals surface area (Å²) in [5.74, 6) is 0.473. The third kappa shape index (κ3) is 2.62. The monoisotopic (exact) mass is 210 g/mol. The van der Waals surface area contributed by atoms with Crippen LogP contribution in [0.25, 0.3) is 0 Å². The van der Waals surface area contributed by atoms with Crippen molar-refractivity contribution in [1.29, 1.82) is 0 Å². The van der Waals surface area contributed by atoms with Crippen LogP contribution in [0.2, 0.25) is 0 Å². The summed E-state index contributed by atoms with van der Waals surface area (Å²) in [6, 6.07) is 2.96. The molecule has 82 valence electrons. The molecule has 0 atom stereocenters. The van der Waals surface area contributed by atoms with Gasteiger partial charge in [-0.3, -0.25) is 4.79 Å². The van der Waals surface area contributed by atoms with Crippen LogP contribution in [-0.2, 0) is 0 Å². The molecule has 0 spiro atoms. The highest BCUT2D eigenvalue weighted by atomic mass is 16.5. The molecule has 1 aromatic rings. The number of ether oxygens (including phenoxy) is 2. The fraction of sp³-hybridized carbons (Fsp3) is 0.364. The topological polar surface area (TPSA) is 55.8 Å². The van der Waals surface area contributed by atoms with Crippen LogP contribution in [0, 0.1) is 0 Å². The van der Waals surface area contributed by atoms with Crippen LogP contribution in [0.1, 0.15) is 24.2 Å². The fourth-order valence-electron chi connectivity index (χ4n) is 1.20. The molecule has 1 N–H and O–H groups in total. The summed E-state index contributed by atoms with van der Waals surface area (Å²) in [5.41, 5.74) is 0.416. The number of rotatable bonds is 5. The first-order valence-corrected chi connectivity index (χ1v) is 4.80. The van der Waals surface area contributed by atoms with E-state index in [4.69, 9.17) is 9.47 Å². The van der Waals surface area contributed by atoms with Gasteiger partial charge < -0.3 is 14.6 Å². The number of carbonyl (C=O) groups excluding carboxylic acids is 1. The zero-order valence-corrected chi connectivity index (χ0v) is 8.82. The van der Waals surface area contributed by atoms with Crippen LogP contribution in [0.4, 0.5) is 0 Å². The normalized spacial score (nSPS) is 9.73. The summed E-state index contributed by atoms with van der Waals surface area (Å²) < 4.78 is 10.4. The van der Waals surface area contributed by atoms with E-state index in [1.165, 1.54) is 12.1 Å². The number of benzene rings is 1. The minimum Gasteiger partial charge on any atom is -0.502 e. The molecule has 0 bridgehead atoms. The van der Waals surface area contributed by atoms with Crippen LogP contribution in [0.15, 0.2) is 12.1 Å².